The van der Waals surface area contributed by atoms with Crippen molar-refractivity contribution in [3.63, 3.8) is 0 Å². The van der Waals surface area contributed by atoms with Gasteiger partial charge in [0.15, 0.2) is 5.84 Å². The number of likely N-dealkylation sites (N-methyl/N-ethyl adjacent to an activating group) is 1. The second kappa shape index (κ2) is 9.39. The fraction of sp³-hybridized carbons (Fsp3) is 0.391. The molecular formula is C23H32N3OS+. The summed E-state index contributed by atoms with van der Waals surface area (Å²) in [6.45, 7) is 11.6. The number of aliphatic imine (C=N–C) groups is 1. The first-order valence-electron chi connectivity index (χ1n) is 9.54. The number of ether oxygens (including phenoxy) is 1. The predicted octanol–water partition coefficient (Wildman–Crippen LogP) is 4.13. The molecule has 2 aromatic carbocycles. The van der Waals surface area contributed by atoms with Gasteiger partial charge in [-0.15, -0.1) is 4.99 Å². The number of aryl methyl sites for hydroxylation is 2. The van der Waals surface area contributed by atoms with Crippen LogP contribution in [0, 0.1) is 19.3 Å². The number of hydrogen-bond donors (Lipinski definition) is 2. The molecule has 0 amide bonds. The molecule has 0 fully saturated rings. The highest BCUT2D eigenvalue weighted by Crippen LogP contribution is 2.24. The molecule has 28 heavy (non-hydrogen) atoms. The Bertz CT molecular complexity index is 865. The van der Waals surface area contributed by atoms with E-state index in [1.54, 1.807) is 0 Å². The van der Waals surface area contributed by atoms with Gasteiger partial charge in [-0.2, -0.15) is 0 Å². The summed E-state index contributed by atoms with van der Waals surface area (Å²) in [5.41, 5.74) is 5.60. The van der Waals surface area contributed by atoms with E-state index in [9.17, 15) is 0 Å². The van der Waals surface area contributed by atoms with E-state index >= 15 is 0 Å². The topological polar surface area (TPSA) is 57.5 Å². The fourth-order valence-electron chi connectivity index (χ4n) is 2.91. The zero-order valence-electron chi connectivity index (χ0n) is 17.7. The molecule has 0 atom stereocenters. The lowest BCUT2D eigenvalue weighted by Crippen LogP contribution is -2.13. The third kappa shape index (κ3) is 5.94. The van der Waals surface area contributed by atoms with Crippen molar-refractivity contribution < 1.29 is 4.74 Å². The predicted molar refractivity (Wildman–Crippen MR) is 124 cm³/mol. The van der Waals surface area contributed by atoms with Crippen LogP contribution in [-0.4, -0.2) is 24.7 Å². The first-order valence-corrected chi connectivity index (χ1v) is 10.0. The van der Waals surface area contributed by atoms with E-state index in [4.69, 9.17) is 10.1 Å². The molecule has 2 N–H and O–H groups in total. The normalized spacial score (nSPS) is 12.2. The first-order chi connectivity index (χ1) is 13.1. The number of hydrogen-bond acceptors (Lipinski definition) is 3. The summed E-state index contributed by atoms with van der Waals surface area (Å²) in [5, 5.41) is 11.7. The van der Waals surface area contributed by atoms with Gasteiger partial charge >= 0.3 is 5.23 Å². The lowest BCUT2D eigenvalue weighted by atomic mass is 9.87. The molecule has 0 spiro atoms. The third-order valence-electron chi connectivity index (χ3n) is 4.72. The highest BCUT2D eigenvalue weighted by Gasteiger charge is 2.15. The Hall–Kier alpha value is -2.11. The van der Waals surface area contributed by atoms with E-state index in [1.807, 2.05) is 44.3 Å². The van der Waals surface area contributed by atoms with Gasteiger partial charge in [-0.25, -0.2) is 0 Å². The van der Waals surface area contributed by atoms with Crippen molar-refractivity contribution >= 4 is 23.7 Å². The Morgan fingerprint density at radius 1 is 1.11 bits per heavy atom. The van der Waals surface area contributed by atoms with E-state index in [2.05, 4.69) is 56.7 Å². The molecule has 0 aliphatic heterocycles. The highest BCUT2D eigenvalue weighted by atomic mass is 32.1. The van der Waals surface area contributed by atoms with E-state index < -0.39 is 0 Å². The molecule has 0 unspecified atom stereocenters. The molecule has 0 radical (unpaired) electrons. The summed E-state index contributed by atoms with van der Waals surface area (Å²) in [4.78, 5) is 4.26. The molecule has 5 heteroatoms. The van der Waals surface area contributed by atoms with Gasteiger partial charge in [0.1, 0.15) is 5.75 Å². The summed E-state index contributed by atoms with van der Waals surface area (Å²) in [5.74, 6) is 0.904. The van der Waals surface area contributed by atoms with Crippen molar-refractivity contribution in [2.75, 3.05) is 13.6 Å². The van der Waals surface area contributed by atoms with Crippen LogP contribution in [0.25, 0.3) is 0 Å². The van der Waals surface area contributed by atoms with Gasteiger partial charge in [0.05, 0.1) is 12.6 Å². The minimum Gasteiger partial charge on any atom is -0.402 e. The standard InChI is InChI=1S/C23H31N3OS/c1-15-14-20(16(2)13-18(15)11-12-25-6)27-22(28)26-21(24)17-7-9-19(10-8-17)23(3,4)5/h7-10,13-14,25H,11-12H2,1-6H3,(H2,24,26,28)/p+1. The highest BCUT2D eigenvalue weighted by molar-refractivity contribution is 7.77. The van der Waals surface area contributed by atoms with Crippen molar-refractivity contribution in [1.29, 1.82) is 5.41 Å². The van der Waals surface area contributed by atoms with Crippen LogP contribution in [0.4, 0.5) is 0 Å². The summed E-state index contributed by atoms with van der Waals surface area (Å²) in [7, 11) is 1.96. The minimum atomic E-state index is 0.0854. The average molecular weight is 399 g/mol. The van der Waals surface area contributed by atoms with Crippen molar-refractivity contribution in [3.8, 4) is 5.75 Å². The number of amidine groups is 1. The maximum atomic E-state index is 8.25. The van der Waals surface area contributed by atoms with Gasteiger partial charge in [0.25, 0.3) is 0 Å². The molecule has 0 aliphatic rings. The maximum Gasteiger partial charge on any atom is 0.414 e. The van der Waals surface area contributed by atoms with Crippen LogP contribution < -0.4 is 10.1 Å². The second-order valence-electron chi connectivity index (χ2n) is 8.09. The largest absolute Gasteiger partial charge is 0.414 e. The molecule has 0 saturated heterocycles. The molecule has 2 rings (SSSR count). The van der Waals surface area contributed by atoms with Crippen LogP contribution in [0.3, 0.4) is 0 Å². The molecule has 0 saturated carbocycles. The molecular weight excluding hydrogens is 366 g/mol. The van der Waals surface area contributed by atoms with Gasteiger partial charge in [0.2, 0.25) is 0 Å². The van der Waals surface area contributed by atoms with Gasteiger partial charge in [-0.05, 0) is 67.6 Å². The summed E-state index contributed by atoms with van der Waals surface area (Å²) in [6.07, 6.45) is 0.980. The van der Waals surface area contributed by atoms with E-state index in [1.165, 1.54) is 16.7 Å². The van der Waals surface area contributed by atoms with Crippen molar-refractivity contribution in [1.82, 2.24) is 5.32 Å². The zero-order chi connectivity index (χ0) is 20.9. The third-order valence-corrected chi connectivity index (χ3v) is 4.94. The minimum absolute atomic E-state index is 0.0854. The van der Waals surface area contributed by atoms with Crippen LogP contribution >= 0.6 is 0 Å². The fourth-order valence-corrected chi connectivity index (χ4v) is 3.13. The van der Waals surface area contributed by atoms with Gasteiger partial charge in [-0.1, -0.05) is 51.1 Å². The molecule has 150 valence electrons. The quantitative estimate of drug-likeness (QED) is 0.452. The van der Waals surface area contributed by atoms with Crippen LogP contribution in [-0.2, 0) is 24.5 Å². The number of benzene rings is 2. The lowest BCUT2D eigenvalue weighted by molar-refractivity contribution is 0.561. The van der Waals surface area contributed by atoms with Crippen LogP contribution in [0.2, 0.25) is 0 Å². The Labute approximate surface area is 174 Å². The molecule has 0 bridgehead atoms. The Morgan fingerprint density at radius 3 is 2.32 bits per heavy atom. The number of nitrogens with zero attached hydrogens (tertiary/aromatic N) is 1. The monoisotopic (exact) mass is 398 g/mol. The summed E-state index contributed by atoms with van der Waals surface area (Å²) >= 11 is 3.41. The average Bonchev–Trinajstić information content (AvgIpc) is 2.62. The van der Waals surface area contributed by atoms with E-state index in [0.717, 1.165) is 29.8 Å². The van der Waals surface area contributed by atoms with Crippen LogP contribution in [0.5, 0.6) is 5.75 Å². The van der Waals surface area contributed by atoms with Crippen molar-refractivity contribution in [2.45, 2.75) is 46.5 Å². The number of rotatable bonds is 5. The first kappa shape index (κ1) is 22.2. The Morgan fingerprint density at radius 2 is 1.75 bits per heavy atom. The van der Waals surface area contributed by atoms with Crippen LogP contribution in [0.1, 0.15) is 48.6 Å². The maximum absolute atomic E-state index is 8.25. The number of nitrogens with one attached hydrogen (secondary N) is 2. The molecule has 4 nitrogen and oxygen atoms in total. The zero-order valence-corrected chi connectivity index (χ0v) is 18.7. The van der Waals surface area contributed by atoms with E-state index in [-0.39, 0.29) is 16.5 Å². The summed E-state index contributed by atoms with van der Waals surface area (Å²) < 4.78 is 5.86. The van der Waals surface area contributed by atoms with Gasteiger partial charge in [-0.3, -0.25) is 5.41 Å². The molecule has 0 aliphatic carbocycles. The Balaban J connectivity index is 2.13. The van der Waals surface area contributed by atoms with Crippen molar-refractivity contribution in [2.24, 2.45) is 4.99 Å². The second-order valence-corrected chi connectivity index (χ2v) is 8.52. The lowest BCUT2D eigenvalue weighted by Gasteiger charge is -2.18. The smallest absolute Gasteiger partial charge is 0.402 e. The molecule has 0 aromatic heterocycles. The van der Waals surface area contributed by atoms with Crippen LogP contribution in [0.15, 0.2) is 41.4 Å². The molecule has 2 aromatic rings. The Kier molecular flexibility index (Phi) is 7.44. The van der Waals surface area contributed by atoms with Gasteiger partial charge in [0, 0.05) is 5.56 Å². The SMILES string of the molecule is CNCCc1cc(C)c(OC([SH2+])=NC(=N)c2ccc(C(C)(C)C)cc2)cc1C. The van der Waals surface area contributed by atoms with Gasteiger partial charge < -0.3 is 10.1 Å². The summed E-state index contributed by atoms with van der Waals surface area (Å²) in [6, 6.07) is 12.1. The molecule has 0 heterocycles. The van der Waals surface area contributed by atoms with Crippen molar-refractivity contribution in [3.05, 3.63) is 64.2 Å². The van der Waals surface area contributed by atoms with E-state index in [0.29, 0.717) is 0 Å².